The molecule has 0 unspecified atom stereocenters. The summed E-state index contributed by atoms with van der Waals surface area (Å²) in [7, 11) is 0. The highest BCUT2D eigenvalue weighted by Gasteiger charge is 2.44. The maximum atomic E-state index is 15.2. The molecule has 100 heavy (non-hydrogen) atoms. The number of nitrogens with zero attached hydrogens (tertiary/aromatic N) is 2. The fourth-order valence-corrected chi connectivity index (χ4v) is 12.4. The lowest BCUT2D eigenvalue weighted by Crippen LogP contribution is -2.62. The second kappa shape index (κ2) is 38.5. The predicted molar refractivity (Wildman–Crippen MR) is 372 cm³/mol. The summed E-state index contributed by atoms with van der Waals surface area (Å²) in [6, 6.07) is 22.4. The smallest absolute Gasteiger partial charge is 0.407 e. The third-order valence-corrected chi connectivity index (χ3v) is 17.7. The first kappa shape index (κ1) is 77.5. The number of hydrogen-bond acceptors (Lipinski definition) is 14. The highest BCUT2D eigenvalue weighted by Crippen LogP contribution is 2.24. The number of fused-ring (bicyclic) bond motifs is 2. The Bertz CT molecular complexity index is 3190. The van der Waals surface area contributed by atoms with E-state index in [2.05, 4.69) is 53.2 Å². The van der Waals surface area contributed by atoms with Gasteiger partial charge in [0.05, 0.1) is 0 Å². The van der Waals surface area contributed by atoms with Crippen LogP contribution in [0.3, 0.4) is 0 Å². The highest BCUT2D eigenvalue weighted by atomic mass is 16.6. The Kier molecular flexibility index (Phi) is 29.8. The molecule has 0 bridgehead atoms. The molecule has 3 fully saturated rings. The van der Waals surface area contributed by atoms with E-state index in [9.17, 15) is 47.9 Å². The van der Waals surface area contributed by atoms with Gasteiger partial charge in [0.15, 0.2) is 0 Å². The average Bonchev–Trinajstić information content (AvgIpc) is 1.63. The number of carbonyl (C=O) groups excluding carboxylic acids is 12. The second-order valence-electron chi connectivity index (χ2n) is 27.4. The lowest BCUT2D eigenvalue weighted by Gasteiger charge is -2.33. The van der Waals surface area contributed by atoms with Crippen molar-refractivity contribution in [3.05, 3.63) is 144 Å². The molecule has 3 heterocycles. The zero-order valence-electron chi connectivity index (χ0n) is 58.6. The van der Waals surface area contributed by atoms with Gasteiger partial charge in [-0.05, 0) is 97.3 Å². The summed E-state index contributed by atoms with van der Waals surface area (Å²) in [6.45, 7) is 13.6. The van der Waals surface area contributed by atoms with Crippen molar-refractivity contribution in [3.63, 3.8) is 0 Å². The van der Waals surface area contributed by atoms with Crippen LogP contribution in [0.5, 0.6) is 0 Å². The van der Waals surface area contributed by atoms with Crippen LogP contribution in [-0.2, 0) is 83.5 Å². The molecule has 10 atom stereocenters. The van der Waals surface area contributed by atoms with Gasteiger partial charge in [0, 0.05) is 39.0 Å². The fourth-order valence-electron chi connectivity index (χ4n) is 12.4. The van der Waals surface area contributed by atoms with Gasteiger partial charge in [-0.3, -0.25) is 47.9 Å². The van der Waals surface area contributed by atoms with E-state index in [0.717, 1.165) is 11.1 Å². The van der Waals surface area contributed by atoms with Crippen LogP contribution in [0.2, 0.25) is 0 Å². The van der Waals surface area contributed by atoms with Crippen LogP contribution in [0.15, 0.2) is 121 Å². The monoisotopic (exact) mass is 1380 g/mol. The Hall–Kier alpha value is -9.88. The standard InChI is InChI=1S/C74H100N12O14/c1-45(2)39-55-65(89)81-57(41-49-23-13-9-14-24-49)71(95)85-37-21-31-59(85)67(91)84-62(48(7)8)70(94)78-54(34-36-76-74(98)100-44-52-29-19-12-20-30-52)64(88)80-56(40-46(3)4)66(90)82-58(42-50-25-15-10-16-26-50)72(96)86-38-22-32-60(86)68(92)83-61(47(5)6)69(93)77-53(63(87)79-55)33-35-75-73(97)99-43-51-27-17-11-18-28-51/h9-20,23-30,45-48,53-62H,21-22,31-44H2,1-8H3,(H,75,97)(H,76,98)(H,77,93)(H,78,94)(H,79,87)(H,80,88)(H,81,89)(H,82,90)(H,83,92)(H,84,91)/t53-,54-,55-,56-,57+,58+,59-,60-,61-,62-/m0/s1. The van der Waals surface area contributed by atoms with E-state index in [1.807, 2.05) is 39.8 Å². The van der Waals surface area contributed by atoms with E-state index in [4.69, 9.17) is 9.47 Å². The molecule has 3 aliphatic rings. The van der Waals surface area contributed by atoms with Crippen molar-refractivity contribution in [2.75, 3.05) is 26.2 Å². The zero-order valence-corrected chi connectivity index (χ0v) is 58.6. The maximum absolute atomic E-state index is 15.2. The van der Waals surface area contributed by atoms with Crippen LogP contribution >= 0.6 is 0 Å². The minimum absolute atomic E-state index is 0.0397. The third kappa shape index (κ3) is 23.7. The summed E-state index contributed by atoms with van der Waals surface area (Å²) in [4.78, 5) is 178. The SMILES string of the molecule is CC(C)C[C@@H]1NC(=O)[C@H](CCNC(=O)OCc2ccccc2)NC(=O)[C@H](C(C)C)NC(=O)[C@@H]2CCCN2C(=O)[C@@H](Cc2ccccc2)NC(=O)[C@H](CC(C)C)NC(=O)[C@H](CCNC(=O)OCc2ccccc2)NC(=O)[C@H](C(C)C)NC(=O)[C@@H]2CCCN2C(=O)[C@@H](Cc2ccccc2)NC1=O. The number of hydrogen-bond donors (Lipinski definition) is 10. The number of carbonyl (C=O) groups is 12. The number of rotatable bonds is 20. The molecular formula is C74H100N12O14. The lowest BCUT2D eigenvalue weighted by molar-refractivity contribution is -0.143. The van der Waals surface area contributed by atoms with Crippen LogP contribution < -0.4 is 53.2 Å². The molecule has 0 aromatic heterocycles. The highest BCUT2D eigenvalue weighted by molar-refractivity contribution is 6.00. The van der Waals surface area contributed by atoms with Crippen molar-refractivity contribution in [3.8, 4) is 0 Å². The molecular weight excluding hydrogens is 1280 g/mol. The van der Waals surface area contributed by atoms with E-state index >= 15 is 9.59 Å². The molecule has 26 heteroatoms. The summed E-state index contributed by atoms with van der Waals surface area (Å²) in [5, 5.41) is 27.9. The topological polar surface area (TPSA) is 350 Å². The van der Waals surface area contributed by atoms with Crippen LogP contribution in [0, 0.1) is 23.7 Å². The number of ether oxygens (including phenoxy) is 2. The van der Waals surface area contributed by atoms with Crippen LogP contribution in [-0.4, -0.2) is 168 Å². The van der Waals surface area contributed by atoms with Crippen molar-refractivity contribution in [1.82, 2.24) is 63.0 Å². The number of nitrogens with one attached hydrogen (secondary N) is 10. The molecule has 0 aliphatic carbocycles. The van der Waals surface area contributed by atoms with Crippen molar-refractivity contribution in [2.24, 2.45) is 23.7 Å². The van der Waals surface area contributed by atoms with Gasteiger partial charge in [-0.1, -0.05) is 177 Å². The quantitative estimate of drug-likeness (QED) is 0.0587. The van der Waals surface area contributed by atoms with Crippen molar-refractivity contribution in [2.45, 2.75) is 193 Å². The molecule has 10 N–H and O–H groups in total. The number of alkyl carbamates (subject to hydrolysis) is 2. The zero-order chi connectivity index (χ0) is 72.4. The van der Waals surface area contributed by atoms with Gasteiger partial charge in [0.25, 0.3) is 0 Å². The largest absolute Gasteiger partial charge is 0.445 e. The van der Waals surface area contributed by atoms with Gasteiger partial charge in [0.1, 0.15) is 73.6 Å². The van der Waals surface area contributed by atoms with Gasteiger partial charge < -0.3 is 72.4 Å². The van der Waals surface area contributed by atoms with Crippen LogP contribution in [0.4, 0.5) is 9.59 Å². The average molecular weight is 1380 g/mol. The molecule has 0 spiro atoms. The van der Waals surface area contributed by atoms with E-state index in [-0.39, 0.29) is 103 Å². The summed E-state index contributed by atoms with van der Waals surface area (Å²) in [5.41, 5.74) is 2.74. The molecule has 12 amide bonds. The number of benzene rings is 4. The van der Waals surface area contributed by atoms with E-state index in [1.54, 1.807) is 137 Å². The first-order chi connectivity index (χ1) is 47.8. The van der Waals surface area contributed by atoms with Crippen molar-refractivity contribution in [1.29, 1.82) is 0 Å². The summed E-state index contributed by atoms with van der Waals surface area (Å²) < 4.78 is 10.8. The number of amides is 12. The van der Waals surface area contributed by atoms with Crippen LogP contribution in [0.25, 0.3) is 0 Å². The van der Waals surface area contributed by atoms with Gasteiger partial charge in [-0.2, -0.15) is 0 Å². The maximum Gasteiger partial charge on any atom is 0.407 e. The third-order valence-electron chi connectivity index (χ3n) is 17.7. The summed E-state index contributed by atoms with van der Waals surface area (Å²) >= 11 is 0. The van der Waals surface area contributed by atoms with Crippen LogP contribution in [0.1, 0.15) is 129 Å². The van der Waals surface area contributed by atoms with Gasteiger partial charge in [-0.15, -0.1) is 0 Å². The Morgan fingerprint density at radius 2 is 0.690 bits per heavy atom. The first-order valence-electron chi connectivity index (χ1n) is 34.9. The van der Waals surface area contributed by atoms with Gasteiger partial charge >= 0.3 is 12.2 Å². The van der Waals surface area contributed by atoms with Gasteiger partial charge in [0.2, 0.25) is 59.1 Å². The molecule has 3 saturated heterocycles. The Morgan fingerprint density at radius 3 is 1.01 bits per heavy atom. The molecule has 540 valence electrons. The minimum Gasteiger partial charge on any atom is -0.445 e. The van der Waals surface area contributed by atoms with Gasteiger partial charge in [-0.25, -0.2) is 9.59 Å². The van der Waals surface area contributed by atoms with Crippen molar-refractivity contribution < 1.29 is 67.0 Å². The van der Waals surface area contributed by atoms with E-state index < -0.39 is 144 Å². The molecule has 7 rings (SSSR count). The lowest BCUT2D eigenvalue weighted by atomic mass is 9.99. The molecule has 4 aromatic carbocycles. The van der Waals surface area contributed by atoms with Crippen molar-refractivity contribution >= 4 is 71.3 Å². The minimum atomic E-state index is -1.47. The molecule has 4 aromatic rings. The normalized spacial score (nSPS) is 23.6. The second-order valence-corrected chi connectivity index (χ2v) is 27.4. The summed E-state index contributed by atoms with van der Waals surface area (Å²) in [5.74, 6) is -9.20. The predicted octanol–water partition coefficient (Wildman–Crippen LogP) is 4.38. The van der Waals surface area contributed by atoms with E-state index in [1.165, 1.54) is 9.80 Å². The molecule has 3 aliphatic heterocycles. The molecule has 0 saturated carbocycles. The van der Waals surface area contributed by atoms with E-state index in [0.29, 0.717) is 24.0 Å². The molecule has 26 nitrogen and oxygen atoms in total. The Labute approximate surface area is 585 Å². The fraction of sp³-hybridized carbons (Fsp3) is 0.514. The Morgan fingerprint density at radius 1 is 0.390 bits per heavy atom. The molecule has 0 radical (unpaired) electrons. The first-order valence-corrected chi connectivity index (χ1v) is 34.9. The Balaban J connectivity index is 1.25. The summed E-state index contributed by atoms with van der Waals surface area (Å²) in [6.07, 6.45) is -1.07.